The number of nitrogens with zero attached hydrogens (tertiary/aromatic N) is 2. The van der Waals surface area contributed by atoms with Gasteiger partial charge >= 0.3 is 0 Å². The first-order valence-electron chi connectivity index (χ1n) is 10.5. The zero-order valence-corrected chi connectivity index (χ0v) is 17.2. The predicted octanol–water partition coefficient (Wildman–Crippen LogP) is 4.23. The molecular formula is C25H26N2O3. The molecule has 0 N–H and O–H groups in total. The Morgan fingerprint density at radius 3 is 2.20 bits per heavy atom. The quantitative estimate of drug-likeness (QED) is 0.656. The van der Waals surface area contributed by atoms with Gasteiger partial charge in [-0.3, -0.25) is 9.59 Å². The van der Waals surface area contributed by atoms with Crippen molar-refractivity contribution in [3.8, 4) is 5.75 Å². The second-order valence-electron chi connectivity index (χ2n) is 7.42. The van der Waals surface area contributed by atoms with Gasteiger partial charge in [-0.05, 0) is 54.4 Å². The molecule has 1 aliphatic heterocycles. The van der Waals surface area contributed by atoms with Gasteiger partial charge in [0.05, 0.1) is 6.61 Å². The van der Waals surface area contributed by atoms with E-state index in [1.165, 1.54) is 0 Å². The second kappa shape index (κ2) is 8.99. The van der Waals surface area contributed by atoms with Crippen molar-refractivity contribution in [2.45, 2.75) is 13.3 Å². The molecule has 1 heterocycles. The van der Waals surface area contributed by atoms with Gasteiger partial charge in [0.15, 0.2) is 0 Å². The van der Waals surface area contributed by atoms with Crippen LogP contribution in [0.15, 0.2) is 66.7 Å². The van der Waals surface area contributed by atoms with Crippen molar-refractivity contribution in [3.63, 3.8) is 0 Å². The molecule has 0 aliphatic carbocycles. The number of ether oxygens (including phenoxy) is 1. The highest BCUT2D eigenvalue weighted by Crippen LogP contribution is 2.21. The van der Waals surface area contributed by atoms with E-state index in [4.69, 9.17) is 4.74 Å². The molecule has 3 aromatic rings. The molecule has 2 amide bonds. The molecule has 0 aromatic heterocycles. The van der Waals surface area contributed by atoms with Crippen molar-refractivity contribution < 1.29 is 14.3 Å². The van der Waals surface area contributed by atoms with Gasteiger partial charge in [0.2, 0.25) is 0 Å². The van der Waals surface area contributed by atoms with Crippen molar-refractivity contribution in [2.75, 3.05) is 32.8 Å². The zero-order valence-electron chi connectivity index (χ0n) is 17.2. The lowest BCUT2D eigenvalue weighted by atomic mass is 10.0. The first-order valence-corrected chi connectivity index (χ1v) is 10.5. The van der Waals surface area contributed by atoms with E-state index in [0.717, 1.165) is 28.5 Å². The smallest absolute Gasteiger partial charge is 0.254 e. The van der Waals surface area contributed by atoms with E-state index in [9.17, 15) is 9.59 Å². The van der Waals surface area contributed by atoms with E-state index in [0.29, 0.717) is 38.3 Å². The third-order valence-corrected chi connectivity index (χ3v) is 5.50. The SMILES string of the molecule is CCOc1ccc(C(=O)N2CCCN(C(=O)c3cccc4ccccc34)CC2)cc1. The Morgan fingerprint density at radius 1 is 0.800 bits per heavy atom. The number of carbonyl (C=O) groups excluding carboxylic acids is 2. The highest BCUT2D eigenvalue weighted by atomic mass is 16.5. The molecule has 0 atom stereocenters. The Balaban J connectivity index is 1.46. The monoisotopic (exact) mass is 402 g/mol. The van der Waals surface area contributed by atoms with Crippen molar-refractivity contribution in [1.82, 2.24) is 9.80 Å². The molecular weight excluding hydrogens is 376 g/mol. The van der Waals surface area contributed by atoms with E-state index >= 15 is 0 Å². The van der Waals surface area contributed by atoms with Crippen LogP contribution in [0.5, 0.6) is 5.75 Å². The summed E-state index contributed by atoms with van der Waals surface area (Å²) in [4.78, 5) is 29.9. The van der Waals surface area contributed by atoms with Gasteiger partial charge in [-0.1, -0.05) is 36.4 Å². The summed E-state index contributed by atoms with van der Waals surface area (Å²) >= 11 is 0. The number of rotatable bonds is 4. The standard InChI is InChI=1S/C25H26N2O3/c1-2-30-21-13-11-20(12-14-21)24(28)26-15-6-16-27(18-17-26)25(29)23-10-5-8-19-7-3-4-9-22(19)23/h3-5,7-14H,2,6,15-18H2,1H3. The summed E-state index contributed by atoms with van der Waals surface area (Å²) in [5.41, 5.74) is 1.37. The molecule has 1 saturated heterocycles. The van der Waals surface area contributed by atoms with E-state index in [1.54, 1.807) is 12.1 Å². The van der Waals surface area contributed by atoms with Crippen LogP contribution in [-0.4, -0.2) is 54.4 Å². The molecule has 3 aromatic carbocycles. The zero-order chi connectivity index (χ0) is 20.9. The van der Waals surface area contributed by atoms with Gasteiger partial charge in [-0.2, -0.15) is 0 Å². The second-order valence-corrected chi connectivity index (χ2v) is 7.42. The Morgan fingerprint density at radius 2 is 1.47 bits per heavy atom. The minimum atomic E-state index is -0.00231. The van der Waals surface area contributed by atoms with E-state index in [-0.39, 0.29) is 11.8 Å². The van der Waals surface area contributed by atoms with Crippen LogP contribution in [0.2, 0.25) is 0 Å². The molecule has 30 heavy (non-hydrogen) atoms. The van der Waals surface area contributed by atoms with Gasteiger partial charge < -0.3 is 14.5 Å². The summed E-state index contributed by atoms with van der Waals surface area (Å²) < 4.78 is 5.45. The van der Waals surface area contributed by atoms with Crippen LogP contribution >= 0.6 is 0 Å². The molecule has 0 bridgehead atoms. The topological polar surface area (TPSA) is 49.9 Å². The van der Waals surface area contributed by atoms with Crippen LogP contribution in [-0.2, 0) is 0 Å². The van der Waals surface area contributed by atoms with Crippen molar-refractivity contribution >= 4 is 22.6 Å². The number of benzene rings is 3. The Hall–Kier alpha value is -3.34. The van der Waals surface area contributed by atoms with Crippen molar-refractivity contribution in [1.29, 1.82) is 0 Å². The maximum atomic E-state index is 13.2. The van der Waals surface area contributed by atoms with Crippen LogP contribution in [0.1, 0.15) is 34.1 Å². The van der Waals surface area contributed by atoms with Crippen LogP contribution in [0.4, 0.5) is 0 Å². The number of amides is 2. The molecule has 154 valence electrons. The van der Waals surface area contributed by atoms with E-state index in [1.807, 2.05) is 71.3 Å². The average Bonchev–Trinajstić information content (AvgIpc) is 3.05. The third kappa shape index (κ3) is 4.15. The average molecular weight is 402 g/mol. The van der Waals surface area contributed by atoms with E-state index in [2.05, 4.69) is 0 Å². The minimum Gasteiger partial charge on any atom is -0.494 e. The molecule has 0 radical (unpaired) electrons. The Bertz CT molecular complexity index is 1040. The molecule has 5 nitrogen and oxygen atoms in total. The van der Waals surface area contributed by atoms with Gasteiger partial charge in [0.1, 0.15) is 5.75 Å². The molecule has 0 saturated carbocycles. The number of hydrogen-bond acceptors (Lipinski definition) is 3. The van der Waals surface area contributed by atoms with Gasteiger partial charge in [0.25, 0.3) is 11.8 Å². The third-order valence-electron chi connectivity index (χ3n) is 5.50. The first-order chi connectivity index (χ1) is 14.7. The Labute approximate surface area is 176 Å². The van der Waals surface area contributed by atoms with Crippen LogP contribution in [0, 0.1) is 0 Å². The summed E-state index contributed by atoms with van der Waals surface area (Å²) in [5, 5.41) is 2.03. The molecule has 0 unspecified atom stereocenters. The lowest BCUT2D eigenvalue weighted by Gasteiger charge is -2.23. The summed E-state index contributed by atoms with van der Waals surface area (Å²) in [6.45, 7) is 4.88. The maximum absolute atomic E-state index is 13.2. The maximum Gasteiger partial charge on any atom is 0.254 e. The van der Waals surface area contributed by atoms with E-state index < -0.39 is 0 Å². The lowest BCUT2D eigenvalue weighted by Crippen LogP contribution is -2.37. The number of carbonyl (C=O) groups is 2. The van der Waals surface area contributed by atoms with Gasteiger partial charge in [0, 0.05) is 37.3 Å². The molecule has 4 rings (SSSR count). The predicted molar refractivity (Wildman–Crippen MR) is 118 cm³/mol. The minimum absolute atomic E-state index is 0.00231. The molecule has 5 heteroatoms. The van der Waals surface area contributed by atoms with Crippen molar-refractivity contribution in [3.05, 3.63) is 77.9 Å². The van der Waals surface area contributed by atoms with Crippen LogP contribution in [0.3, 0.4) is 0 Å². The highest BCUT2D eigenvalue weighted by Gasteiger charge is 2.24. The largest absolute Gasteiger partial charge is 0.494 e. The summed E-state index contributed by atoms with van der Waals surface area (Å²) in [7, 11) is 0. The van der Waals surface area contributed by atoms with Crippen LogP contribution in [0.25, 0.3) is 10.8 Å². The number of hydrogen-bond donors (Lipinski definition) is 0. The molecule has 1 aliphatic rings. The first kappa shape index (κ1) is 20.0. The fourth-order valence-electron chi connectivity index (χ4n) is 3.95. The number of fused-ring (bicyclic) bond motifs is 1. The fourth-order valence-corrected chi connectivity index (χ4v) is 3.95. The molecule has 0 spiro atoms. The van der Waals surface area contributed by atoms with Crippen LogP contribution < -0.4 is 4.74 Å². The van der Waals surface area contributed by atoms with Crippen molar-refractivity contribution in [2.24, 2.45) is 0 Å². The van der Waals surface area contributed by atoms with Gasteiger partial charge in [-0.25, -0.2) is 0 Å². The summed E-state index contributed by atoms with van der Waals surface area (Å²) in [6.07, 6.45) is 0.763. The molecule has 1 fully saturated rings. The summed E-state index contributed by atoms with van der Waals surface area (Å²) in [6, 6.07) is 21.0. The lowest BCUT2D eigenvalue weighted by molar-refractivity contribution is 0.0719. The van der Waals surface area contributed by atoms with Gasteiger partial charge in [-0.15, -0.1) is 0 Å². The Kier molecular flexibility index (Phi) is 5.98. The normalized spacial score (nSPS) is 14.4. The highest BCUT2D eigenvalue weighted by molar-refractivity contribution is 6.07. The summed E-state index contributed by atoms with van der Waals surface area (Å²) in [5.74, 6) is 0.788. The fraction of sp³-hybridized carbons (Fsp3) is 0.280.